The maximum absolute atomic E-state index is 14.7. The van der Waals surface area contributed by atoms with Crippen LogP contribution in [-0.2, 0) is 69.6 Å². The van der Waals surface area contributed by atoms with Crippen LogP contribution in [0.4, 0.5) is 15.3 Å². The Morgan fingerprint density at radius 3 is 1.73 bits per heavy atom. The molecule has 460 valence electrons. The molecule has 0 spiro atoms. The lowest BCUT2D eigenvalue weighted by Crippen LogP contribution is -2.46. The van der Waals surface area contributed by atoms with E-state index in [4.69, 9.17) is 14.2 Å². The van der Waals surface area contributed by atoms with Crippen molar-refractivity contribution in [2.75, 3.05) is 38.1 Å². The van der Waals surface area contributed by atoms with Crippen molar-refractivity contribution in [1.29, 1.82) is 0 Å². The highest BCUT2D eigenvalue weighted by Gasteiger charge is 2.40. The number of unbranched alkanes of at least 4 members (excludes halogenated alkanes) is 1. The Morgan fingerprint density at radius 2 is 1.20 bits per heavy atom. The van der Waals surface area contributed by atoms with Gasteiger partial charge in [0.2, 0.25) is 23.6 Å². The Bertz CT molecular complexity index is 2890. The van der Waals surface area contributed by atoms with E-state index in [1.165, 1.54) is 0 Å². The predicted octanol–water partition coefficient (Wildman–Crippen LogP) is 6.65. The van der Waals surface area contributed by atoms with Crippen molar-refractivity contribution in [2.45, 2.75) is 123 Å². The Hall–Kier alpha value is -9.05. The summed E-state index contributed by atoms with van der Waals surface area (Å²) in [5.74, 6) is -8.17. The highest BCUT2D eigenvalue weighted by molar-refractivity contribution is 6.12. The quantitative estimate of drug-likeness (QED) is 0.0146. The van der Waals surface area contributed by atoms with E-state index in [0.717, 1.165) is 24.0 Å². The molecule has 4 atom stereocenters. The molecule has 86 heavy (non-hydrogen) atoms. The van der Waals surface area contributed by atoms with Crippen LogP contribution >= 0.6 is 0 Å². The molecule has 4 aromatic carbocycles. The first-order valence-corrected chi connectivity index (χ1v) is 28.7. The second-order valence-corrected chi connectivity index (χ2v) is 22.3. The number of carbonyl (C=O) groups excluding carboxylic acids is 10. The van der Waals surface area contributed by atoms with Gasteiger partial charge in [-0.1, -0.05) is 123 Å². The summed E-state index contributed by atoms with van der Waals surface area (Å²) in [6.45, 7) is 9.14. The fourth-order valence-corrected chi connectivity index (χ4v) is 9.47. The molecule has 22 heteroatoms. The standard InChI is InChI=1S/C64H79N7O15/c1-42(2)36-53(70-55(75)30-29-52(60(80)81)68-43(3)72)54(74)38-46(41-85-64(47-19-10-7-11-20-47,48-21-12-8-13-22-48)49-23-14-9-15-24-49)58(78)67-39-51(73)37-45(18-16-17-33-65-62(83)86-63(4,5)6)59(79)69-50-27-25-44(26-28-50)40-84-61(82)66-34-35-71-56(76)31-32-57(71)77/h7-15,19-28,31-32,42,45-46,52-53H,16-18,29-30,33-41H2,1-6H3,(H,65,83)(H,66,82)(H,67,78)(H,68,72)(H,69,79)(H,70,75)(H,80,81)/t45-,46+,52+,53+/m1/s1. The number of nitrogens with zero attached hydrogens (tertiary/aromatic N) is 1. The van der Waals surface area contributed by atoms with Gasteiger partial charge >= 0.3 is 18.2 Å². The SMILES string of the molecule is CC(=O)N[C@@H](CCC(=O)N[C@@H](CC(C)C)C(=O)C[C@@H](COC(c1ccccc1)(c1ccccc1)c1ccccc1)C(=O)NCC(=O)C[C@@H](CCCCNC(=O)OC(C)(C)C)C(=O)Nc1ccc(COC(=O)NCCN2C(=O)C=CC2=O)cc1)C(=O)O. The van der Waals surface area contributed by atoms with E-state index in [0.29, 0.717) is 40.8 Å². The number of alkyl carbamates (subject to hydrolysis) is 2. The number of carbonyl (C=O) groups is 11. The third kappa shape index (κ3) is 22.2. The van der Waals surface area contributed by atoms with E-state index in [1.54, 1.807) is 45.0 Å². The van der Waals surface area contributed by atoms with E-state index < -0.39 is 113 Å². The average Bonchev–Trinajstić information content (AvgIpc) is 1.48. The minimum absolute atomic E-state index is 0.0246. The molecule has 22 nitrogen and oxygen atoms in total. The van der Waals surface area contributed by atoms with Gasteiger partial charge in [0.05, 0.1) is 25.1 Å². The van der Waals surface area contributed by atoms with Gasteiger partial charge in [0, 0.05) is 69.6 Å². The van der Waals surface area contributed by atoms with Crippen LogP contribution in [0.15, 0.2) is 127 Å². The number of benzene rings is 4. The fourth-order valence-electron chi connectivity index (χ4n) is 9.47. The van der Waals surface area contributed by atoms with Gasteiger partial charge in [0.1, 0.15) is 23.9 Å². The summed E-state index contributed by atoms with van der Waals surface area (Å²) >= 11 is 0. The van der Waals surface area contributed by atoms with Gasteiger partial charge in [-0.25, -0.2) is 14.4 Å². The van der Waals surface area contributed by atoms with Crippen LogP contribution in [-0.4, -0.2) is 126 Å². The van der Waals surface area contributed by atoms with Gasteiger partial charge in [0.25, 0.3) is 11.8 Å². The van der Waals surface area contributed by atoms with Gasteiger partial charge in [-0.3, -0.25) is 43.3 Å². The number of ketones is 2. The molecule has 1 heterocycles. The van der Waals surface area contributed by atoms with Crippen LogP contribution in [0.25, 0.3) is 0 Å². The second kappa shape index (κ2) is 33.4. The summed E-state index contributed by atoms with van der Waals surface area (Å²) in [5, 5.41) is 25.4. The highest BCUT2D eigenvalue weighted by Crippen LogP contribution is 2.41. The van der Waals surface area contributed by atoms with Crippen LogP contribution < -0.4 is 31.9 Å². The largest absolute Gasteiger partial charge is 0.480 e. The lowest BCUT2D eigenvalue weighted by atomic mass is 9.80. The van der Waals surface area contributed by atoms with E-state index in [9.17, 15) is 57.8 Å². The van der Waals surface area contributed by atoms with Crippen molar-refractivity contribution in [3.8, 4) is 0 Å². The first-order valence-electron chi connectivity index (χ1n) is 28.7. The van der Waals surface area contributed by atoms with Gasteiger partial charge < -0.3 is 51.2 Å². The van der Waals surface area contributed by atoms with E-state index in [1.807, 2.05) is 105 Å². The molecule has 4 aromatic rings. The van der Waals surface area contributed by atoms with Gasteiger partial charge in [-0.05, 0) is 86.8 Å². The molecule has 1 aliphatic rings. The minimum atomic E-state index is -1.35. The average molecular weight is 1190 g/mol. The van der Waals surface area contributed by atoms with Gasteiger partial charge in [0.15, 0.2) is 11.6 Å². The third-order valence-electron chi connectivity index (χ3n) is 13.7. The summed E-state index contributed by atoms with van der Waals surface area (Å²) in [5.41, 5.74) is 0.994. The molecule has 0 bridgehead atoms. The molecule has 0 fully saturated rings. The number of hydrogen-bond donors (Lipinski definition) is 7. The Morgan fingerprint density at radius 1 is 0.628 bits per heavy atom. The number of Topliss-reactive ketones (excluding diaryl/α,β-unsaturated/α-hetero) is 2. The van der Waals surface area contributed by atoms with Gasteiger partial charge in [-0.15, -0.1) is 0 Å². The molecule has 0 unspecified atom stereocenters. The molecule has 1 aliphatic heterocycles. The van der Waals surface area contributed by atoms with Crippen LogP contribution in [0.1, 0.15) is 115 Å². The topological polar surface area (TPSA) is 311 Å². The smallest absolute Gasteiger partial charge is 0.407 e. The van der Waals surface area contributed by atoms with Crippen molar-refractivity contribution >= 4 is 70.9 Å². The van der Waals surface area contributed by atoms with Crippen molar-refractivity contribution in [2.24, 2.45) is 17.8 Å². The molecular formula is C64H79N7O15. The molecule has 0 saturated heterocycles. The molecule has 0 aliphatic carbocycles. The zero-order chi connectivity index (χ0) is 62.8. The first-order chi connectivity index (χ1) is 40.9. The zero-order valence-electron chi connectivity index (χ0n) is 49.5. The normalized spacial score (nSPS) is 13.6. The molecule has 0 saturated carbocycles. The monoisotopic (exact) mass is 1190 g/mol. The number of aliphatic carboxylic acids is 1. The van der Waals surface area contributed by atoms with Crippen molar-refractivity contribution in [3.63, 3.8) is 0 Å². The molecular weight excluding hydrogens is 1110 g/mol. The predicted molar refractivity (Wildman–Crippen MR) is 317 cm³/mol. The van der Waals surface area contributed by atoms with Crippen molar-refractivity contribution in [3.05, 3.63) is 150 Å². The molecule has 0 radical (unpaired) electrons. The number of carboxylic acids is 1. The number of hydrogen-bond acceptors (Lipinski definition) is 14. The molecule has 0 aromatic heterocycles. The number of carboxylic acid groups (broad SMARTS) is 1. The first kappa shape index (κ1) is 67.7. The minimum Gasteiger partial charge on any atom is -0.480 e. The fraction of sp³-hybridized carbons (Fsp3) is 0.422. The van der Waals surface area contributed by atoms with E-state index in [-0.39, 0.29) is 70.9 Å². The zero-order valence-corrected chi connectivity index (χ0v) is 49.5. The summed E-state index contributed by atoms with van der Waals surface area (Å²) in [6.07, 6.45) is 0.662. The number of nitrogens with one attached hydrogen (secondary N) is 6. The summed E-state index contributed by atoms with van der Waals surface area (Å²) in [4.78, 5) is 144. The maximum atomic E-state index is 14.7. The summed E-state index contributed by atoms with van der Waals surface area (Å²) < 4.78 is 17.7. The molecule has 7 N–H and O–H groups in total. The Kier molecular flexibility index (Phi) is 26.3. The number of imide groups is 1. The maximum Gasteiger partial charge on any atom is 0.407 e. The van der Waals surface area contributed by atoms with Gasteiger partial charge in [-0.2, -0.15) is 0 Å². The highest BCUT2D eigenvalue weighted by atomic mass is 16.6. The lowest BCUT2D eigenvalue weighted by Gasteiger charge is -2.37. The Balaban J connectivity index is 1.35. The van der Waals surface area contributed by atoms with E-state index in [2.05, 4.69) is 31.9 Å². The lowest BCUT2D eigenvalue weighted by molar-refractivity contribution is -0.142. The summed E-state index contributed by atoms with van der Waals surface area (Å²) in [6, 6.07) is 32.0. The van der Waals surface area contributed by atoms with Crippen LogP contribution in [0, 0.1) is 17.8 Å². The Labute approximate surface area is 500 Å². The van der Waals surface area contributed by atoms with Crippen LogP contribution in [0.5, 0.6) is 0 Å². The van der Waals surface area contributed by atoms with Crippen molar-refractivity contribution in [1.82, 2.24) is 31.5 Å². The summed E-state index contributed by atoms with van der Waals surface area (Å²) in [7, 11) is 0. The number of ether oxygens (including phenoxy) is 3. The van der Waals surface area contributed by atoms with E-state index >= 15 is 0 Å². The number of rotatable bonds is 34. The second-order valence-electron chi connectivity index (χ2n) is 22.3. The number of anilines is 1. The van der Waals surface area contributed by atoms with Crippen molar-refractivity contribution < 1.29 is 72.1 Å². The molecule has 5 rings (SSSR count). The number of amides is 8. The van der Waals surface area contributed by atoms with Crippen LogP contribution in [0.3, 0.4) is 0 Å². The third-order valence-corrected chi connectivity index (χ3v) is 13.7. The molecule has 8 amide bonds. The van der Waals surface area contributed by atoms with Crippen LogP contribution in [0.2, 0.25) is 0 Å².